The van der Waals surface area contributed by atoms with Crippen molar-refractivity contribution in [2.75, 3.05) is 5.32 Å². The fraction of sp³-hybridized carbons (Fsp3) is 0.200. The molecule has 116 valence electrons. The Morgan fingerprint density at radius 1 is 1.43 bits per heavy atom. The Kier molecular flexibility index (Phi) is 4.15. The number of nitrogens with one attached hydrogen (secondary N) is 1. The highest BCUT2D eigenvalue weighted by molar-refractivity contribution is 9.10. The number of hydrogen-bond acceptors (Lipinski definition) is 5. The van der Waals surface area contributed by atoms with E-state index < -0.39 is 10.8 Å². The van der Waals surface area contributed by atoms with Crippen molar-refractivity contribution in [1.82, 2.24) is 0 Å². The van der Waals surface area contributed by atoms with Crippen LogP contribution in [0.4, 0.5) is 10.7 Å². The zero-order valence-corrected chi connectivity index (χ0v) is 14.2. The molecule has 1 N–H and O–H groups in total. The summed E-state index contributed by atoms with van der Waals surface area (Å²) in [6.07, 6.45) is 2.80. The minimum atomic E-state index is -0.552. The third kappa shape index (κ3) is 2.85. The molecular formula is C15H10BrN3O3S. The van der Waals surface area contributed by atoms with E-state index in [2.05, 4.69) is 27.3 Å². The number of fused-ring (bicyclic) bond motifs is 1. The lowest BCUT2D eigenvalue weighted by Crippen LogP contribution is -2.13. The van der Waals surface area contributed by atoms with Gasteiger partial charge < -0.3 is 5.32 Å². The highest BCUT2D eigenvalue weighted by atomic mass is 79.9. The molecule has 0 unspecified atom stereocenters. The molecule has 0 saturated heterocycles. The van der Waals surface area contributed by atoms with E-state index in [1.165, 1.54) is 29.5 Å². The van der Waals surface area contributed by atoms with E-state index in [1.54, 1.807) is 0 Å². The highest BCUT2D eigenvalue weighted by Crippen LogP contribution is 2.39. The van der Waals surface area contributed by atoms with Gasteiger partial charge in [-0.2, -0.15) is 5.26 Å². The van der Waals surface area contributed by atoms with Crippen LogP contribution in [-0.2, 0) is 12.8 Å². The molecule has 1 aliphatic rings. The molecule has 0 radical (unpaired) electrons. The van der Waals surface area contributed by atoms with E-state index in [4.69, 9.17) is 0 Å². The summed E-state index contributed by atoms with van der Waals surface area (Å²) >= 11 is 4.64. The number of nitriles is 1. The van der Waals surface area contributed by atoms with E-state index in [9.17, 15) is 20.2 Å². The van der Waals surface area contributed by atoms with Gasteiger partial charge in [-0.25, -0.2) is 0 Å². The van der Waals surface area contributed by atoms with E-state index in [0.29, 0.717) is 15.0 Å². The van der Waals surface area contributed by atoms with Crippen LogP contribution in [-0.4, -0.2) is 10.8 Å². The molecule has 0 fully saturated rings. The number of halogens is 1. The van der Waals surface area contributed by atoms with Crippen molar-refractivity contribution in [3.8, 4) is 6.07 Å². The van der Waals surface area contributed by atoms with Gasteiger partial charge in [-0.05, 0) is 46.8 Å². The summed E-state index contributed by atoms with van der Waals surface area (Å²) in [5.74, 6) is -0.475. The molecule has 6 nitrogen and oxygen atoms in total. The average molecular weight is 392 g/mol. The summed E-state index contributed by atoms with van der Waals surface area (Å²) in [4.78, 5) is 23.9. The Balaban J connectivity index is 1.93. The molecule has 8 heteroatoms. The molecule has 1 aliphatic carbocycles. The third-order valence-corrected chi connectivity index (χ3v) is 5.56. The van der Waals surface area contributed by atoms with Crippen LogP contribution in [0.5, 0.6) is 0 Å². The summed E-state index contributed by atoms with van der Waals surface area (Å²) in [6, 6.07) is 6.15. The number of benzene rings is 1. The van der Waals surface area contributed by atoms with Crippen LogP contribution in [0.15, 0.2) is 22.7 Å². The van der Waals surface area contributed by atoms with Gasteiger partial charge in [0.15, 0.2) is 0 Å². The van der Waals surface area contributed by atoms with Crippen molar-refractivity contribution in [3.05, 3.63) is 54.4 Å². The van der Waals surface area contributed by atoms with Crippen LogP contribution in [0, 0.1) is 21.4 Å². The van der Waals surface area contributed by atoms with Gasteiger partial charge in [-0.15, -0.1) is 11.3 Å². The summed E-state index contributed by atoms with van der Waals surface area (Å²) in [7, 11) is 0. The zero-order chi connectivity index (χ0) is 16.6. The van der Waals surface area contributed by atoms with Crippen LogP contribution in [0.2, 0.25) is 0 Å². The molecule has 1 aromatic carbocycles. The number of nitro benzene ring substituents is 1. The molecule has 1 heterocycles. The SMILES string of the molecule is N#Cc1c(NC(=O)c2cc([N+](=O)[O-])ccc2Br)sc2c1CCC2. The number of anilines is 1. The lowest BCUT2D eigenvalue weighted by Gasteiger charge is -2.06. The van der Waals surface area contributed by atoms with Gasteiger partial charge in [0.1, 0.15) is 11.1 Å². The van der Waals surface area contributed by atoms with Crippen molar-refractivity contribution in [2.45, 2.75) is 19.3 Å². The maximum Gasteiger partial charge on any atom is 0.270 e. The summed E-state index contributed by atoms with van der Waals surface area (Å²) in [5.41, 5.74) is 1.53. The molecule has 1 aromatic heterocycles. The Morgan fingerprint density at radius 3 is 2.91 bits per heavy atom. The minimum Gasteiger partial charge on any atom is -0.312 e. The second kappa shape index (κ2) is 6.10. The van der Waals surface area contributed by atoms with Crippen molar-refractivity contribution in [3.63, 3.8) is 0 Å². The van der Waals surface area contributed by atoms with Crippen molar-refractivity contribution >= 4 is 43.9 Å². The van der Waals surface area contributed by atoms with Crippen LogP contribution in [0.25, 0.3) is 0 Å². The normalized spacial score (nSPS) is 12.5. The van der Waals surface area contributed by atoms with Gasteiger partial charge in [0.05, 0.1) is 16.1 Å². The molecule has 1 amide bonds. The fourth-order valence-electron chi connectivity index (χ4n) is 2.58. The molecule has 0 atom stereocenters. The van der Waals surface area contributed by atoms with Crippen LogP contribution in [0.1, 0.15) is 32.8 Å². The number of amides is 1. The maximum absolute atomic E-state index is 12.4. The first-order valence-electron chi connectivity index (χ1n) is 6.81. The van der Waals surface area contributed by atoms with Crippen LogP contribution < -0.4 is 5.32 Å². The number of carbonyl (C=O) groups excluding carboxylic acids is 1. The van der Waals surface area contributed by atoms with Gasteiger partial charge in [0.25, 0.3) is 11.6 Å². The predicted octanol–water partition coefficient (Wildman–Crippen LogP) is 4.03. The van der Waals surface area contributed by atoms with Gasteiger partial charge in [-0.1, -0.05) is 0 Å². The van der Waals surface area contributed by atoms with Gasteiger partial charge in [0, 0.05) is 21.5 Å². The lowest BCUT2D eigenvalue weighted by molar-refractivity contribution is -0.384. The maximum atomic E-state index is 12.4. The second-order valence-electron chi connectivity index (χ2n) is 5.05. The van der Waals surface area contributed by atoms with Crippen molar-refractivity contribution < 1.29 is 9.72 Å². The Morgan fingerprint density at radius 2 is 2.22 bits per heavy atom. The first kappa shape index (κ1) is 15.6. The van der Waals surface area contributed by atoms with Crippen LogP contribution >= 0.6 is 27.3 Å². The molecule has 23 heavy (non-hydrogen) atoms. The Hall–Kier alpha value is -2.24. The van der Waals surface area contributed by atoms with E-state index >= 15 is 0 Å². The monoisotopic (exact) mass is 391 g/mol. The largest absolute Gasteiger partial charge is 0.312 e. The lowest BCUT2D eigenvalue weighted by atomic mass is 10.1. The van der Waals surface area contributed by atoms with Gasteiger partial charge >= 0.3 is 0 Å². The number of non-ortho nitro benzene ring substituents is 1. The standard InChI is InChI=1S/C15H10BrN3O3S/c16-12-5-4-8(19(21)22)6-10(12)14(20)18-15-11(7-17)9-2-1-3-13(9)23-15/h4-6H,1-3H2,(H,18,20). The first-order valence-corrected chi connectivity index (χ1v) is 8.42. The minimum absolute atomic E-state index is 0.160. The summed E-state index contributed by atoms with van der Waals surface area (Å²) < 4.78 is 0.461. The molecule has 0 saturated carbocycles. The molecule has 3 rings (SSSR count). The Bertz CT molecular complexity index is 870. The molecular weight excluding hydrogens is 382 g/mol. The number of aryl methyl sites for hydroxylation is 1. The number of carbonyl (C=O) groups is 1. The number of hydrogen-bond donors (Lipinski definition) is 1. The molecule has 2 aromatic rings. The first-order chi connectivity index (χ1) is 11.0. The number of nitro groups is 1. The highest BCUT2D eigenvalue weighted by Gasteiger charge is 2.24. The van der Waals surface area contributed by atoms with Crippen molar-refractivity contribution in [1.29, 1.82) is 5.26 Å². The van der Waals surface area contributed by atoms with Gasteiger partial charge in [0.2, 0.25) is 0 Å². The smallest absolute Gasteiger partial charge is 0.270 e. The summed E-state index contributed by atoms with van der Waals surface area (Å²) in [5, 5.41) is 23.4. The number of rotatable bonds is 3. The molecule has 0 aliphatic heterocycles. The molecule has 0 bridgehead atoms. The third-order valence-electron chi connectivity index (χ3n) is 3.67. The average Bonchev–Trinajstić information content (AvgIpc) is 3.07. The van der Waals surface area contributed by atoms with E-state index in [0.717, 1.165) is 29.7 Å². The number of thiophene rings is 1. The fourth-order valence-corrected chi connectivity index (χ4v) is 4.24. The Labute approximate surface area is 144 Å². The zero-order valence-electron chi connectivity index (χ0n) is 11.8. The van der Waals surface area contributed by atoms with E-state index in [1.807, 2.05) is 0 Å². The molecule has 0 spiro atoms. The quantitative estimate of drug-likeness (QED) is 0.630. The van der Waals surface area contributed by atoms with E-state index in [-0.39, 0.29) is 11.3 Å². The van der Waals surface area contributed by atoms with Crippen LogP contribution in [0.3, 0.4) is 0 Å². The number of nitrogens with zero attached hydrogens (tertiary/aromatic N) is 2. The predicted molar refractivity (Wildman–Crippen MR) is 89.8 cm³/mol. The van der Waals surface area contributed by atoms with Gasteiger partial charge in [-0.3, -0.25) is 14.9 Å². The second-order valence-corrected chi connectivity index (χ2v) is 7.01. The topological polar surface area (TPSA) is 96.0 Å². The summed E-state index contributed by atoms with van der Waals surface area (Å²) in [6.45, 7) is 0. The van der Waals surface area contributed by atoms with Crippen molar-refractivity contribution in [2.24, 2.45) is 0 Å².